The van der Waals surface area contributed by atoms with Crippen LogP contribution in [0.3, 0.4) is 0 Å². The lowest BCUT2D eigenvalue weighted by Crippen LogP contribution is -2.12. The molecule has 0 aliphatic rings. The molecule has 0 aliphatic carbocycles. The number of halogens is 1. The van der Waals surface area contributed by atoms with E-state index < -0.39 is 0 Å². The highest BCUT2D eigenvalue weighted by atomic mass is 19.1. The number of rotatable bonds is 6. The fourth-order valence-electron chi connectivity index (χ4n) is 3.41. The van der Waals surface area contributed by atoms with Crippen molar-refractivity contribution >= 4 is 45.4 Å². The van der Waals surface area contributed by atoms with Crippen LogP contribution in [0, 0.1) is 5.82 Å². The van der Waals surface area contributed by atoms with Crippen molar-refractivity contribution in [2.24, 2.45) is 0 Å². The molecule has 2 aromatic carbocycles. The number of carbonyl (C=O) groups is 1. The summed E-state index contributed by atoms with van der Waals surface area (Å²) in [6.45, 7) is 0. The predicted molar refractivity (Wildman–Crippen MR) is 131 cm³/mol. The highest BCUT2D eigenvalue weighted by molar-refractivity contribution is 6.04. The Labute approximate surface area is 194 Å². The number of aromatic nitrogens is 3. The molecule has 8 heteroatoms. The number of nitrogens with one attached hydrogen (secondary N) is 3. The number of pyridine rings is 3. The summed E-state index contributed by atoms with van der Waals surface area (Å²) < 4.78 is 13.7. The van der Waals surface area contributed by atoms with Crippen LogP contribution < -0.4 is 16.0 Å². The number of anilines is 5. The molecule has 0 unspecified atom stereocenters. The maximum Gasteiger partial charge on any atom is 0.257 e. The molecule has 0 bridgehead atoms. The summed E-state index contributed by atoms with van der Waals surface area (Å²) in [6, 6.07) is 20.7. The van der Waals surface area contributed by atoms with E-state index in [9.17, 15) is 9.18 Å². The minimum absolute atomic E-state index is 0.273. The first-order valence-electron chi connectivity index (χ1n) is 10.5. The number of amides is 1. The predicted octanol–water partition coefficient (Wildman–Crippen LogP) is 5.90. The summed E-state index contributed by atoms with van der Waals surface area (Å²) in [5.74, 6) is -0.0881. The normalized spacial score (nSPS) is 10.6. The van der Waals surface area contributed by atoms with E-state index in [-0.39, 0.29) is 11.7 Å². The van der Waals surface area contributed by atoms with Crippen molar-refractivity contribution in [3.63, 3.8) is 0 Å². The molecule has 166 valence electrons. The van der Waals surface area contributed by atoms with Crippen LogP contribution in [0.25, 0.3) is 10.9 Å². The van der Waals surface area contributed by atoms with Crippen LogP contribution in [0.1, 0.15) is 10.4 Å². The van der Waals surface area contributed by atoms with E-state index >= 15 is 0 Å². The van der Waals surface area contributed by atoms with Gasteiger partial charge in [-0.25, -0.2) is 9.37 Å². The minimum Gasteiger partial charge on any atom is -0.355 e. The van der Waals surface area contributed by atoms with E-state index in [0.717, 1.165) is 11.4 Å². The van der Waals surface area contributed by atoms with Gasteiger partial charge < -0.3 is 16.0 Å². The van der Waals surface area contributed by atoms with Gasteiger partial charge in [-0.05, 0) is 72.8 Å². The van der Waals surface area contributed by atoms with Crippen molar-refractivity contribution in [3.8, 4) is 0 Å². The molecule has 7 nitrogen and oxygen atoms in total. The third-order valence-electron chi connectivity index (χ3n) is 5.10. The van der Waals surface area contributed by atoms with Crippen molar-refractivity contribution in [2.45, 2.75) is 0 Å². The molecule has 3 N–H and O–H groups in total. The third-order valence-corrected chi connectivity index (χ3v) is 5.10. The second-order valence-electron chi connectivity index (χ2n) is 7.47. The van der Waals surface area contributed by atoms with E-state index in [1.54, 1.807) is 42.9 Å². The van der Waals surface area contributed by atoms with Crippen molar-refractivity contribution in [1.29, 1.82) is 0 Å². The van der Waals surface area contributed by atoms with E-state index in [1.165, 1.54) is 18.3 Å². The minimum atomic E-state index is -0.343. The fraction of sp³-hybridized carbons (Fsp3) is 0. The van der Waals surface area contributed by atoms with Gasteiger partial charge in [0.2, 0.25) is 0 Å². The quantitative estimate of drug-likeness (QED) is 0.298. The Bertz CT molecular complexity index is 1440. The Kier molecular flexibility index (Phi) is 5.77. The summed E-state index contributed by atoms with van der Waals surface area (Å²) in [5, 5.41) is 9.93. The third kappa shape index (κ3) is 4.81. The maximum atomic E-state index is 13.7. The van der Waals surface area contributed by atoms with Gasteiger partial charge in [-0.15, -0.1) is 0 Å². The summed E-state index contributed by atoms with van der Waals surface area (Å²) >= 11 is 0. The molecule has 5 aromatic rings. The first-order valence-corrected chi connectivity index (χ1v) is 10.5. The first kappa shape index (κ1) is 21.0. The molecule has 3 heterocycles. The van der Waals surface area contributed by atoms with Crippen LogP contribution in [0.4, 0.5) is 33.0 Å². The van der Waals surface area contributed by atoms with E-state index in [4.69, 9.17) is 0 Å². The average Bonchev–Trinajstić information content (AvgIpc) is 2.87. The number of fused-ring (bicyclic) bond motifs is 1. The maximum absolute atomic E-state index is 13.7. The van der Waals surface area contributed by atoms with Gasteiger partial charge in [0.15, 0.2) is 0 Å². The molecule has 3 aromatic heterocycles. The van der Waals surface area contributed by atoms with Crippen molar-refractivity contribution in [1.82, 2.24) is 15.0 Å². The van der Waals surface area contributed by atoms with Gasteiger partial charge in [0.25, 0.3) is 5.91 Å². The van der Waals surface area contributed by atoms with E-state index in [1.807, 2.05) is 36.4 Å². The van der Waals surface area contributed by atoms with Gasteiger partial charge in [0.05, 0.1) is 16.8 Å². The van der Waals surface area contributed by atoms with Gasteiger partial charge in [-0.2, -0.15) is 0 Å². The van der Waals surface area contributed by atoms with Gasteiger partial charge in [0, 0.05) is 47.2 Å². The Morgan fingerprint density at radius 1 is 0.735 bits per heavy atom. The molecule has 5 rings (SSSR count). The van der Waals surface area contributed by atoms with Crippen LogP contribution in [0.2, 0.25) is 0 Å². The molecule has 0 atom stereocenters. The van der Waals surface area contributed by atoms with E-state index in [2.05, 4.69) is 30.9 Å². The Morgan fingerprint density at radius 2 is 1.50 bits per heavy atom. The highest BCUT2D eigenvalue weighted by Crippen LogP contribution is 2.25. The summed E-state index contributed by atoms with van der Waals surface area (Å²) in [4.78, 5) is 25.2. The summed E-state index contributed by atoms with van der Waals surface area (Å²) in [7, 11) is 0. The Hall–Kier alpha value is -4.85. The zero-order valence-electron chi connectivity index (χ0n) is 17.9. The molecule has 0 saturated heterocycles. The molecular weight excluding hydrogens is 431 g/mol. The lowest BCUT2D eigenvalue weighted by Gasteiger charge is -2.10. The largest absolute Gasteiger partial charge is 0.355 e. The number of carbonyl (C=O) groups excluding carboxylic acids is 1. The van der Waals surface area contributed by atoms with Crippen LogP contribution in [0.15, 0.2) is 97.6 Å². The SMILES string of the molecule is O=C(Nc1ccc(Nc2ccncc2)cc1)c1ccc(Nc2ccnc3ccc(F)cc23)nc1. The van der Waals surface area contributed by atoms with E-state index in [0.29, 0.717) is 33.7 Å². The average molecular weight is 450 g/mol. The zero-order chi connectivity index (χ0) is 23.3. The second-order valence-corrected chi connectivity index (χ2v) is 7.47. The lowest BCUT2D eigenvalue weighted by atomic mass is 10.2. The first-order chi connectivity index (χ1) is 16.6. The van der Waals surface area contributed by atoms with Gasteiger partial charge in [-0.3, -0.25) is 14.8 Å². The topological polar surface area (TPSA) is 91.8 Å². The molecule has 0 saturated carbocycles. The number of hydrogen-bond acceptors (Lipinski definition) is 6. The van der Waals surface area contributed by atoms with Gasteiger partial charge in [-0.1, -0.05) is 0 Å². The molecule has 0 spiro atoms. The van der Waals surface area contributed by atoms with Crippen molar-refractivity contribution in [2.75, 3.05) is 16.0 Å². The van der Waals surface area contributed by atoms with Gasteiger partial charge >= 0.3 is 0 Å². The molecule has 0 radical (unpaired) electrons. The van der Waals surface area contributed by atoms with Crippen LogP contribution >= 0.6 is 0 Å². The Morgan fingerprint density at radius 3 is 2.26 bits per heavy atom. The standard InChI is InChI=1S/C26H19FN6O/c27-18-2-7-23-22(15-18)24(11-14-29-23)33-25-8-1-17(16-30-25)26(34)32-20-5-3-19(4-6-20)31-21-9-12-28-13-10-21/h1-16H,(H,28,31)(H,32,34)(H,29,30,33). The summed E-state index contributed by atoms with van der Waals surface area (Å²) in [5.41, 5.74) is 4.24. The molecule has 34 heavy (non-hydrogen) atoms. The molecule has 0 aliphatic heterocycles. The van der Waals surface area contributed by atoms with Crippen LogP contribution in [0.5, 0.6) is 0 Å². The molecule has 1 amide bonds. The van der Waals surface area contributed by atoms with Crippen molar-refractivity contribution < 1.29 is 9.18 Å². The smallest absolute Gasteiger partial charge is 0.257 e. The molecular formula is C26H19FN6O. The number of nitrogens with zero attached hydrogens (tertiary/aromatic N) is 3. The summed E-state index contributed by atoms with van der Waals surface area (Å²) in [6.07, 6.45) is 6.55. The Balaban J connectivity index is 1.24. The van der Waals surface area contributed by atoms with Gasteiger partial charge in [0.1, 0.15) is 11.6 Å². The highest BCUT2D eigenvalue weighted by Gasteiger charge is 2.09. The zero-order valence-corrected chi connectivity index (χ0v) is 17.9. The number of benzene rings is 2. The number of hydrogen-bond donors (Lipinski definition) is 3. The molecule has 0 fully saturated rings. The van der Waals surface area contributed by atoms with Crippen LogP contribution in [-0.2, 0) is 0 Å². The second kappa shape index (κ2) is 9.33. The van der Waals surface area contributed by atoms with Crippen molar-refractivity contribution in [3.05, 3.63) is 109 Å². The van der Waals surface area contributed by atoms with Crippen LogP contribution in [-0.4, -0.2) is 20.9 Å². The lowest BCUT2D eigenvalue weighted by molar-refractivity contribution is 0.102. The monoisotopic (exact) mass is 450 g/mol. The fourth-order valence-corrected chi connectivity index (χ4v) is 3.41.